The monoisotopic (exact) mass is 194 g/mol. The summed E-state index contributed by atoms with van der Waals surface area (Å²) in [6.07, 6.45) is 2.63. The maximum atomic E-state index is 12.7. The first-order valence-electron chi connectivity index (χ1n) is 5.08. The number of aliphatic hydroxyl groups is 1. The van der Waals surface area contributed by atoms with Gasteiger partial charge in [0, 0.05) is 0 Å². The van der Waals surface area contributed by atoms with Gasteiger partial charge >= 0.3 is 0 Å². The molecule has 1 saturated carbocycles. The van der Waals surface area contributed by atoms with E-state index in [1.54, 1.807) is 12.1 Å². The third kappa shape index (κ3) is 1.67. The number of halogens is 1. The number of benzene rings is 1. The van der Waals surface area contributed by atoms with E-state index in [9.17, 15) is 9.50 Å². The molecule has 1 aromatic rings. The lowest BCUT2D eigenvalue weighted by atomic mass is 9.91. The fourth-order valence-electron chi connectivity index (χ4n) is 2.29. The average Bonchev–Trinajstić information content (AvgIpc) is 2.48. The molecule has 0 saturated heterocycles. The van der Waals surface area contributed by atoms with E-state index < -0.39 is 5.60 Å². The minimum Gasteiger partial charge on any atom is -0.385 e. The highest BCUT2D eigenvalue weighted by Crippen LogP contribution is 2.41. The van der Waals surface area contributed by atoms with E-state index in [0.29, 0.717) is 5.92 Å². The van der Waals surface area contributed by atoms with Crippen molar-refractivity contribution in [3.05, 3.63) is 35.6 Å². The molecule has 2 heteroatoms. The number of hydrogen-bond acceptors (Lipinski definition) is 1. The Hall–Kier alpha value is -0.890. The van der Waals surface area contributed by atoms with Gasteiger partial charge in [0.15, 0.2) is 0 Å². The molecule has 0 spiro atoms. The highest BCUT2D eigenvalue weighted by Gasteiger charge is 2.36. The molecule has 0 radical (unpaired) electrons. The maximum absolute atomic E-state index is 12.7. The zero-order chi connectivity index (χ0) is 10.2. The summed E-state index contributed by atoms with van der Waals surface area (Å²) in [4.78, 5) is 0. The van der Waals surface area contributed by atoms with Crippen LogP contribution in [0.5, 0.6) is 0 Å². The van der Waals surface area contributed by atoms with Gasteiger partial charge in [0.25, 0.3) is 0 Å². The van der Waals surface area contributed by atoms with Crippen molar-refractivity contribution < 1.29 is 9.50 Å². The Balaban J connectivity index is 2.26. The first kappa shape index (κ1) is 9.66. The quantitative estimate of drug-likeness (QED) is 0.728. The molecule has 0 amide bonds. The Morgan fingerprint density at radius 2 is 2.00 bits per heavy atom. The van der Waals surface area contributed by atoms with Crippen LogP contribution in [0.1, 0.15) is 31.7 Å². The highest BCUT2D eigenvalue weighted by atomic mass is 19.1. The predicted octanol–water partition coefficient (Wildman–Crippen LogP) is 2.83. The summed E-state index contributed by atoms with van der Waals surface area (Å²) in [5.74, 6) is 0.313. The molecule has 1 fully saturated rings. The molecule has 0 aromatic heterocycles. The van der Waals surface area contributed by atoms with Crippen LogP contribution in [-0.4, -0.2) is 5.11 Å². The molecule has 2 rings (SSSR count). The smallest absolute Gasteiger partial charge is 0.123 e. The van der Waals surface area contributed by atoms with Crippen LogP contribution in [0.4, 0.5) is 4.39 Å². The number of hydrogen-bond donors (Lipinski definition) is 1. The lowest BCUT2D eigenvalue weighted by Crippen LogP contribution is -2.21. The molecular formula is C12H15FO. The lowest BCUT2D eigenvalue weighted by Gasteiger charge is -2.23. The van der Waals surface area contributed by atoms with Crippen LogP contribution in [0.15, 0.2) is 24.3 Å². The van der Waals surface area contributed by atoms with Gasteiger partial charge in [0.1, 0.15) is 5.82 Å². The molecule has 1 aliphatic carbocycles. The van der Waals surface area contributed by atoms with Crippen molar-refractivity contribution in [2.24, 2.45) is 5.92 Å². The Bertz CT molecular complexity index is 320. The fraction of sp³-hybridized carbons (Fsp3) is 0.500. The van der Waals surface area contributed by atoms with E-state index in [2.05, 4.69) is 6.92 Å². The molecule has 1 aliphatic rings. The molecule has 0 bridgehead atoms. The van der Waals surface area contributed by atoms with Crippen LogP contribution in [0.25, 0.3) is 0 Å². The standard InChI is InChI=1S/C12H15FO/c1-9-6-7-12(14,8-9)10-2-4-11(13)5-3-10/h2-5,9,14H,6-8H2,1H3. The van der Waals surface area contributed by atoms with Crippen molar-refractivity contribution in [2.75, 3.05) is 0 Å². The van der Waals surface area contributed by atoms with Gasteiger partial charge in [-0.15, -0.1) is 0 Å². The van der Waals surface area contributed by atoms with Crippen molar-refractivity contribution in [1.29, 1.82) is 0 Å². The Labute approximate surface area is 83.6 Å². The molecule has 76 valence electrons. The van der Waals surface area contributed by atoms with Crippen molar-refractivity contribution >= 4 is 0 Å². The topological polar surface area (TPSA) is 20.2 Å². The van der Waals surface area contributed by atoms with Gasteiger partial charge in [-0.05, 0) is 42.9 Å². The van der Waals surface area contributed by atoms with Gasteiger partial charge in [0.05, 0.1) is 5.60 Å². The Morgan fingerprint density at radius 1 is 1.36 bits per heavy atom. The van der Waals surface area contributed by atoms with E-state index in [4.69, 9.17) is 0 Å². The zero-order valence-corrected chi connectivity index (χ0v) is 8.33. The largest absolute Gasteiger partial charge is 0.385 e. The molecular weight excluding hydrogens is 179 g/mol. The Morgan fingerprint density at radius 3 is 2.50 bits per heavy atom. The average molecular weight is 194 g/mol. The number of rotatable bonds is 1. The van der Waals surface area contributed by atoms with Crippen LogP contribution >= 0.6 is 0 Å². The van der Waals surface area contributed by atoms with Gasteiger partial charge in [-0.25, -0.2) is 4.39 Å². The summed E-state index contributed by atoms with van der Waals surface area (Å²) in [5.41, 5.74) is 0.135. The van der Waals surface area contributed by atoms with Crippen LogP contribution in [-0.2, 0) is 5.60 Å². The fourth-order valence-corrected chi connectivity index (χ4v) is 2.29. The third-order valence-electron chi connectivity index (χ3n) is 3.12. The summed E-state index contributed by atoms with van der Waals surface area (Å²) in [5, 5.41) is 10.3. The summed E-state index contributed by atoms with van der Waals surface area (Å²) in [7, 11) is 0. The molecule has 1 aromatic carbocycles. The second kappa shape index (κ2) is 3.35. The molecule has 1 nitrogen and oxygen atoms in total. The van der Waals surface area contributed by atoms with Crippen molar-refractivity contribution in [3.8, 4) is 0 Å². The highest BCUT2D eigenvalue weighted by molar-refractivity contribution is 5.24. The normalized spacial score (nSPS) is 32.1. The van der Waals surface area contributed by atoms with E-state index >= 15 is 0 Å². The molecule has 0 aliphatic heterocycles. The first-order valence-corrected chi connectivity index (χ1v) is 5.08. The minimum absolute atomic E-state index is 0.247. The SMILES string of the molecule is CC1CCC(O)(c2ccc(F)cc2)C1. The molecule has 2 unspecified atom stereocenters. The van der Waals surface area contributed by atoms with E-state index in [1.165, 1.54) is 12.1 Å². The third-order valence-corrected chi connectivity index (χ3v) is 3.12. The van der Waals surface area contributed by atoms with Gasteiger partial charge in [0.2, 0.25) is 0 Å². The Kier molecular flexibility index (Phi) is 2.31. The van der Waals surface area contributed by atoms with E-state index in [1.807, 2.05) is 0 Å². The summed E-state index contributed by atoms with van der Waals surface area (Å²) < 4.78 is 12.7. The predicted molar refractivity (Wildman–Crippen MR) is 53.3 cm³/mol. The second-order valence-electron chi connectivity index (χ2n) is 4.39. The molecule has 14 heavy (non-hydrogen) atoms. The van der Waals surface area contributed by atoms with Gasteiger partial charge in [-0.1, -0.05) is 19.1 Å². The minimum atomic E-state index is -0.715. The van der Waals surface area contributed by atoms with Crippen molar-refractivity contribution in [1.82, 2.24) is 0 Å². The summed E-state index contributed by atoms with van der Waals surface area (Å²) in [6.45, 7) is 2.14. The van der Waals surface area contributed by atoms with E-state index in [-0.39, 0.29) is 5.82 Å². The van der Waals surface area contributed by atoms with Crippen molar-refractivity contribution in [2.45, 2.75) is 31.8 Å². The van der Waals surface area contributed by atoms with Gasteiger partial charge in [-0.3, -0.25) is 0 Å². The summed E-state index contributed by atoms with van der Waals surface area (Å²) >= 11 is 0. The van der Waals surface area contributed by atoms with Crippen LogP contribution in [0, 0.1) is 11.7 Å². The van der Waals surface area contributed by atoms with Crippen molar-refractivity contribution in [3.63, 3.8) is 0 Å². The molecule has 1 N–H and O–H groups in total. The first-order chi connectivity index (χ1) is 6.60. The second-order valence-corrected chi connectivity index (χ2v) is 4.39. The van der Waals surface area contributed by atoms with Gasteiger partial charge < -0.3 is 5.11 Å². The van der Waals surface area contributed by atoms with Crippen LogP contribution < -0.4 is 0 Å². The summed E-state index contributed by atoms with van der Waals surface area (Å²) in [6, 6.07) is 6.20. The molecule has 0 heterocycles. The van der Waals surface area contributed by atoms with Crippen LogP contribution in [0.2, 0.25) is 0 Å². The van der Waals surface area contributed by atoms with Gasteiger partial charge in [-0.2, -0.15) is 0 Å². The lowest BCUT2D eigenvalue weighted by molar-refractivity contribution is 0.0407. The maximum Gasteiger partial charge on any atom is 0.123 e. The van der Waals surface area contributed by atoms with E-state index in [0.717, 1.165) is 24.8 Å². The van der Waals surface area contributed by atoms with Crippen LogP contribution in [0.3, 0.4) is 0 Å². The zero-order valence-electron chi connectivity index (χ0n) is 8.33. The molecule has 2 atom stereocenters.